The number of sulfonamides is 1. The molecule has 0 aromatic carbocycles. The van der Waals surface area contributed by atoms with Crippen molar-refractivity contribution in [3.05, 3.63) is 0 Å². The van der Waals surface area contributed by atoms with E-state index in [1.54, 1.807) is 0 Å². The van der Waals surface area contributed by atoms with Crippen molar-refractivity contribution in [1.29, 1.82) is 0 Å². The second kappa shape index (κ2) is 2.01. The van der Waals surface area contributed by atoms with Crippen LogP contribution >= 0.6 is 0 Å². The summed E-state index contributed by atoms with van der Waals surface area (Å²) in [6.45, 7) is 0.310. The largest absolute Gasteiger partial charge is 0.349 e. The van der Waals surface area contributed by atoms with Gasteiger partial charge in [0.25, 0.3) is 0 Å². The highest BCUT2D eigenvalue weighted by Gasteiger charge is 2.61. The average molecular weight is 191 g/mol. The fourth-order valence-corrected chi connectivity index (χ4v) is 3.95. The fraction of sp³-hybridized carbons (Fsp3) is 1.00. The molecule has 68 valence electrons. The van der Waals surface area contributed by atoms with Crippen molar-refractivity contribution < 1.29 is 17.9 Å². The van der Waals surface area contributed by atoms with Gasteiger partial charge in [-0.15, -0.1) is 0 Å². The van der Waals surface area contributed by atoms with Crippen LogP contribution in [-0.4, -0.2) is 39.2 Å². The Kier molecular flexibility index (Phi) is 1.21. The SMILES string of the molecule is O=S1(=O)CC2C(N1)C1OCOC21. The lowest BCUT2D eigenvalue weighted by atomic mass is 9.76. The van der Waals surface area contributed by atoms with E-state index in [4.69, 9.17) is 9.47 Å². The van der Waals surface area contributed by atoms with E-state index >= 15 is 0 Å². The van der Waals surface area contributed by atoms with Crippen LogP contribution in [0.15, 0.2) is 0 Å². The zero-order valence-electron chi connectivity index (χ0n) is 6.26. The predicted octanol–water partition coefficient (Wildman–Crippen LogP) is -1.34. The summed E-state index contributed by atoms with van der Waals surface area (Å²) in [5, 5.41) is 0. The molecule has 6 heteroatoms. The molecule has 1 N–H and O–H groups in total. The molecule has 0 amide bonds. The second-order valence-electron chi connectivity index (χ2n) is 3.47. The number of rotatable bonds is 0. The lowest BCUT2D eigenvalue weighted by molar-refractivity contribution is -0.0170. The van der Waals surface area contributed by atoms with Crippen LogP contribution in [0.2, 0.25) is 0 Å². The third-order valence-electron chi connectivity index (χ3n) is 2.81. The van der Waals surface area contributed by atoms with E-state index in [0.29, 0.717) is 6.79 Å². The summed E-state index contributed by atoms with van der Waals surface area (Å²) in [6, 6.07) is -0.0255. The summed E-state index contributed by atoms with van der Waals surface area (Å²) in [5.41, 5.74) is 0. The van der Waals surface area contributed by atoms with E-state index in [9.17, 15) is 8.42 Å². The highest BCUT2D eigenvalue weighted by Crippen LogP contribution is 2.42. The molecular formula is C6H9NO4S. The molecule has 0 bridgehead atoms. The molecule has 3 aliphatic rings. The molecule has 1 saturated carbocycles. The maximum Gasteiger partial charge on any atom is 0.212 e. The first-order valence-corrected chi connectivity index (χ1v) is 5.56. The quantitative estimate of drug-likeness (QED) is 0.514. The van der Waals surface area contributed by atoms with Crippen molar-refractivity contribution >= 4 is 10.0 Å². The average Bonchev–Trinajstić information content (AvgIpc) is 2.49. The Balaban J connectivity index is 1.90. The van der Waals surface area contributed by atoms with E-state index in [1.165, 1.54) is 0 Å². The summed E-state index contributed by atoms with van der Waals surface area (Å²) in [6.07, 6.45) is -0.0213. The van der Waals surface area contributed by atoms with Crippen molar-refractivity contribution in [1.82, 2.24) is 4.72 Å². The summed E-state index contributed by atoms with van der Waals surface area (Å²) in [5.74, 6) is 0.310. The Bertz CT molecular complexity index is 290. The minimum atomic E-state index is -3.03. The van der Waals surface area contributed by atoms with Gasteiger partial charge in [0.2, 0.25) is 10.0 Å². The van der Waals surface area contributed by atoms with Gasteiger partial charge in [-0.2, -0.15) is 0 Å². The van der Waals surface area contributed by atoms with Crippen molar-refractivity contribution in [2.75, 3.05) is 12.5 Å². The maximum absolute atomic E-state index is 11.1. The molecule has 2 saturated heterocycles. The van der Waals surface area contributed by atoms with Crippen LogP contribution in [0, 0.1) is 5.92 Å². The van der Waals surface area contributed by atoms with Gasteiger partial charge in [0.1, 0.15) is 12.9 Å². The molecule has 5 nitrogen and oxygen atoms in total. The molecule has 2 heterocycles. The van der Waals surface area contributed by atoms with Crippen LogP contribution in [-0.2, 0) is 19.5 Å². The Morgan fingerprint density at radius 1 is 1.25 bits per heavy atom. The molecule has 0 aromatic rings. The first kappa shape index (κ1) is 7.25. The highest BCUT2D eigenvalue weighted by molar-refractivity contribution is 7.89. The Morgan fingerprint density at radius 2 is 2.00 bits per heavy atom. The van der Waals surface area contributed by atoms with Gasteiger partial charge in [-0.05, 0) is 0 Å². The number of fused-ring (bicyclic) bond motifs is 4. The Hall–Kier alpha value is -0.170. The zero-order valence-corrected chi connectivity index (χ0v) is 7.08. The Labute approximate surface area is 70.1 Å². The molecule has 12 heavy (non-hydrogen) atoms. The summed E-state index contributed by atoms with van der Waals surface area (Å²) in [7, 11) is -3.03. The van der Waals surface area contributed by atoms with Gasteiger partial charge in [0.05, 0.1) is 17.9 Å². The van der Waals surface area contributed by atoms with Gasteiger partial charge in [0.15, 0.2) is 0 Å². The van der Waals surface area contributed by atoms with E-state index in [-0.39, 0.29) is 29.9 Å². The van der Waals surface area contributed by atoms with Gasteiger partial charge < -0.3 is 9.47 Å². The van der Waals surface area contributed by atoms with E-state index < -0.39 is 10.0 Å². The summed E-state index contributed by atoms with van der Waals surface area (Å²) < 4.78 is 35.2. The van der Waals surface area contributed by atoms with Crippen molar-refractivity contribution in [3.8, 4) is 0 Å². The van der Waals surface area contributed by atoms with Crippen LogP contribution in [0.25, 0.3) is 0 Å². The second-order valence-corrected chi connectivity index (χ2v) is 5.27. The third kappa shape index (κ3) is 0.756. The monoisotopic (exact) mass is 191 g/mol. The van der Waals surface area contributed by atoms with Gasteiger partial charge in [-0.3, -0.25) is 0 Å². The van der Waals surface area contributed by atoms with Gasteiger partial charge in [0, 0.05) is 5.92 Å². The van der Waals surface area contributed by atoms with Crippen LogP contribution in [0.5, 0.6) is 0 Å². The molecule has 2 aliphatic heterocycles. The molecule has 4 unspecified atom stereocenters. The molecule has 3 rings (SSSR count). The van der Waals surface area contributed by atoms with E-state index in [1.807, 2.05) is 0 Å². The first-order valence-electron chi connectivity index (χ1n) is 3.91. The van der Waals surface area contributed by atoms with Crippen LogP contribution < -0.4 is 4.72 Å². The Morgan fingerprint density at radius 3 is 2.83 bits per heavy atom. The van der Waals surface area contributed by atoms with Crippen LogP contribution in [0.1, 0.15) is 0 Å². The summed E-state index contributed by atoms with van der Waals surface area (Å²) >= 11 is 0. The molecule has 0 spiro atoms. The van der Waals surface area contributed by atoms with Gasteiger partial charge in [-0.25, -0.2) is 13.1 Å². The third-order valence-corrected chi connectivity index (χ3v) is 4.26. The van der Waals surface area contributed by atoms with Crippen molar-refractivity contribution in [3.63, 3.8) is 0 Å². The smallest absolute Gasteiger partial charge is 0.212 e. The first-order chi connectivity index (χ1) is 5.67. The standard InChI is InChI=1S/C6H9NO4S/c8-12(9)1-3-4(7-12)6-5(3)10-2-11-6/h3-7H,1-2H2. The fourth-order valence-electron chi connectivity index (χ4n) is 2.23. The maximum atomic E-state index is 11.1. The number of ether oxygens (including phenoxy) is 2. The van der Waals surface area contributed by atoms with Crippen LogP contribution in [0.4, 0.5) is 0 Å². The molecule has 1 aliphatic carbocycles. The minimum absolute atomic E-state index is 0.0137. The lowest BCUT2D eigenvalue weighted by Gasteiger charge is -2.39. The topological polar surface area (TPSA) is 64.6 Å². The van der Waals surface area contributed by atoms with Gasteiger partial charge in [-0.1, -0.05) is 0 Å². The number of nitrogens with one attached hydrogen (secondary N) is 1. The summed E-state index contributed by atoms with van der Waals surface area (Å²) in [4.78, 5) is 0. The highest BCUT2D eigenvalue weighted by atomic mass is 32.2. The van der Waals surface area contributed by atoms with Crippen LogP contribution in [0.3, 0.4) is 0 Å². The normalized spacial score (nSPS) is 54.3. The van der Waals surface area contributed by atoms with Gasteiger partial charge >= 0.3 is 0 Å². The number of hydrogen-bond acceptors (Lipinski definition) is 4. The minimum Gasteiger partial charge on any atom is -0.349 e. The lowest BCUT2D eigenvalue weighted by Crippen LogP contribution is -2.60. The molecule has 0 aromatic heterocycles. The predicted molar refractivity (Wildman–Crippen MR) is 38.8 cm³/mol. The van der Waals surface area contributed by atoms with E-state index in [0.717, 1.165) is 0 Å². The molecular weight excluding hydrogens is 182 g/mol. The van der Waals surface area contributed by atoms with Crippen molar-refractivity contribution in [2.24, 2.45) is 5.92 Å². The van der Waals surface area contributed by atoms with Crippen molar-refractivity contribution in [2.45, 2.75) is 18.2 Å². The molecule has 3 fully saturated rings. The molecule has 4 atom stereocenters. The molecule has 0 radical (unpaired) electrons. The van der Waals surface area contributed by atoms with E-state index in [2.05, 4.69) is 4.72 Å². The zero-order chi connectivity index (χ0) is 8.34. The number of hydrogen-bond donors (Lipinski definition) is 1.